The standard InChI is InChI=1S/C17H11ClF3NO2/c18-13-6-5-11(8-12(13)17(19,20)21)22-9-14(23)16-7-10-3-1-2-4-15(10)24-16/h1-8,22H,9H2. The Bertz CT molecular complexity index is 869. The second-order valence-electron chi connectivity index (χ2n) is 5.12. The van der Waals surface area contributed by atoms with Crippen molar-refractivity contribution in [3.8, 4) is 0 Å². The van der Waals surface area contributed by atoms with Gasteiger partial charge in [-0.25, -0.2) is 0 Å². The Labute approximate surface area is 140 Å². The molecular formula is C17H11ClF3NO2. The molecule has 0 saturated heterocycles. The van der Waals surface area contributed by atoms with Gasteiger partial charge < -0.3 is 9.73 Å². The Kier molecular flexibility index (Phi) is 4.24. The van der Waals surface area contributed by atoms with Crippen molar-refractivity contribution in [2.24, 2.45) is 0 Å². The molecule has 0 spiro atoms. The van der Waals surface area contributed by atoms with E-state index in [1.54, 1.807) is 24.3 Å². The van der Waals surface area contributed by atoms with E-state index in [1.807, 2.05) is 6.07 Å². The monoisotopic (exact) mass is 353 g/mol. The number of fused-ring (bicyclic) bond motifs is 1. The van der Waals surface area contributed by atoms with Crippen LogP contribution >= 0.6 is 11.6 Å². The average Bonchev–Trinajstić information content (AvgIpc) is 2.97. The summed E-state index contributed by atoms with van der Waals surface area (Å²) in [7, 11) is 0. The van der Waals surface area contributed by atoms with Crippen LogP contribution in [0.15, 0.2) is 52.9 Å². The topological polar surface area (TPSA) is 42.2 Å². The number of hydrogen-bond donors (Lipinski definition) is 1. The minimum Gasteiger partial charge on any atom is -0.453 e. The molecule has 1 heterocycles. The fourth-order valence-corrected chi connectivity index (χ4v) is 2.47. The molecule has 3 rings (SSSR count). The minimum absolute atomic E-state index is 0.147. The number of alkyl halides is 3. The third-order valence-corrected chi connectivity index (χ3v) is 3.75. The number of halogens is 4. The fraction of sp³-hybridized carbons (Fsp3) is 0.118. The lowest BCUT2D eigenvalue weighted by molar-refractivity contribution is -0.137. The van der Waals surface area contributed by atoms with Crippen molar-refractivity contribution in [2.75, 3.05) is 11.9 Å². The number of nitrogens with one attached hydrogen (secondary N) is 1. The number of hydrogen-bond acceptors (Lipinski definition) is 3. The van der Waals surface area contributed by atoms with E-state index in [-0.39, 0.29) is 23.8 Å². The molecule has 0 bridgehead atoms. The average molecular weight is 354 g/mol. The van der Waals surface area contributed by atoms with Crippen LogP contribution in [0, 0.1) is 0 Å². The van der Waals surface area contributed by atoms with Crippen molar-refractivity contribution in [2.45, 2.75) is 6.18 Å². The highest BCUT2D eigenvalue weighted by molar-refractivity contribution is 6.31. The van der Waals surface area contributed by atoms with Gasteiger partial charge in [0.2, 0.25) is 5.78 Å². The van der Waals surface area contributed by atoms with Crippen molar-refractivity contribution in [3.63, 3.8) is 0 Å². The molecule has 1 N–H and O–H groups in total. The number of ketones is 1. The zero-order valence-electron chi connectivity index (χ0n) is 12.2. The van der Waals surface area contributed by atoms with Gasteiger partial charge in [-0.3, -0.25) is 4.79 Å². The fourth-order valence-electron chi connectivity index (χ4n) is 2.24. The lowest BCUT2D eigenvalue weighted by Gasteiger charge is -2.11. The number of Topliss-reactive ketones (excluding diaryl/α,β-unsaturated/α-hetero) is 1. The smallest absolute Gasteiger partial charge is 0.417 e. The first-order chi connectivity index (χ1) is 11.3. The first-order valence-electron chi connectivity index (χ1n) is 6.97. The molecule has 0 aliphatic rings. The zero-order chi connectivity index (χ0) is 17.3. The molecule has 124 valence electrons. The molecule has 3 nitrogen and oxygen atoms in total. The summed E-state index contributed by atoms with van der Waals surface area (Å²) in [5.74, 6) is -0.219. The molecule has 0 aliphatic heterocycles. The maximum Gasteiger partial charge on any atom is 0.417 e. The maximum atomic E-state index is 12.8. The van der Waals surface area contributed by atoms with Crippen molar-refractivity contribution >= 4 is 34.0 Å². The number of benzene rings is 2. The van der Waals surface area contributed by atoms with Gasteiger partial charge in [-0.15, -0.1) is 0 Å². The summed E-state index contributed by atoms with van der Waals surface area (Å²) in [6, 6.07) is 12.1. The van der Waals surface area contributed by atoms with Crippen molar-refractivity contribution in [3.05, 3.63) is 64.9 Å². The summed E-state index contributed by atoms with van der Waals surface area (Å²) < 4.78 is 43.9. The largest absolute Gasteiger partial charge is 0.453 e. The van der Waals surface area contributed by atoms with Gasteiger partial charge in [0.1, 0.15) is 5.58 Å². The van der Waals surface area contributed by atoms with Gasteiger partial charge in [-0.05, 0) is 30.3 Å². The Balaban J connectivity index is 1.74. The number of carbonyl (C=O) groups excluding carboxylic acids is 1. The summed E-state index contributed by atoms with van der Waals surface area (Å²) in [4.78, 5) is 12.1. The van der Waals surface area contributed by atoms with Crippen LogP contribution in [0.2, 0.25) is 5.02 Å². The van der Waals surface area contributed by atoms with Crippen LogP contribution in [-0.4, -0.2) is 12.3 Å². The highest BCUT2D eigenvalue weighted by atomic mass is 35.5. The molecule has 0 aliphatic carbocycles. The van der Waals surface area contributed by atoms with Gasteiger partial charge in [0.15, 0.2) is 5.76 Å². The Hall–Kier alpha value is -2.47. The number of furan rings is 1. The van der Waals surface area contributed by atoms with Gasteiger partial charge in [0.05, 0.1) is 17.1 Å². The van der Waals surface area contributed by atoms with E-state index < -0.39 is 16.8 Å². The van der Waals surface area contributed by atoms with Crippen molar-refractivity contribution in [1.29, 1.82) is 0 Å². The second-order valence-corrected chi connectivity index (χ2v) is 5.52. The normalized spacial score (nSPS) is 11.7. The van der Waals surface area contributed by atoms with Gasteiger partial charge >= 0.3 is 6.18 Å². The van der Waals surface area contributed by atoms with Crippen molar-refractivity contribution in [1.82, 2.24) is 0 Å². The van der Waals surface area contributed by atoms with Gasteiger partial charge in [-0.2, -0.15) is 13.2 Å². The summed E-state index contributed by atoms with van der Waals surface area (Å²) in [6.45, 7) is -0.196. The predicted molar refractivity (Wildman–Crippen MR) is 85.5 cm³/mol. The number of rotatable bonds is 4. The Morgan fingerprint density at radius 3 is 2.58 bits per heavy atom. The highest BCUT2D eigenvalue weighted by Gasteiger charge is 2.33. The van der Waals surface area contributed by atoms with E-state index in [0.29, 0.717) is 5.58 Å². The van der Waals surface area contributed by atoms with Crippen LogP contribution in [-0.2, 0) is 6.18 Å². The molecule has 0 saturated carbocycles. The van der Waals surface area contributed by atoms with Crippen LogP contribution in [0.4, 0.5) is 18.9 Å². The van der Waals surface area contributed by atoms with Crippen LogP contribution in [0.25, 0.3) is 11.0 Å². The van der Waals surface area contributed by atoms with E-state index in [4.69, 9.17) is 16.0 Å². The van der Waals surface area contributed by atoms with E-state index in [9.17, 15) is 18.0 Å². The molecule has 0 atom stereocenters. The third-order valence-electron chi connectivity index (χ3n) is 3.43. The first-order valence-corrected chi connectivity index (χ1v) is 7.35. The molecule has 0 amide bonds. The lowest BCUT2D eigenvalue weighted by atomic mass is 10.2. The molecular weight excluding hydrogens is 343 g/mol. The molecule has 3 aromatic rings. The number of anilines is 1. The summed E-state index contributed by atoms with van der Waals surface area (Å²) >= 11 is 5.55. The van der Waals surface area contributed by atoms with Crippen LogP contribution in [0.5, 0.6) is 0 Å². The third kappa shape index (κ3) is 3.38. The number of para-hydroxylation sites is 1. The highest BCUT2D eigenvalue weighted by Crippen LogP contribution is 2.36. The van der Waals surface area contributed by atoms with Crippen LogP contribution in [0.1, 0.15) is 16.1 Å². The lowest BCUT2D eigenvalue weighted by Crippen LogP contribution is -2.14. The molecule has 7 heteroatoms. The second kappa shape index (κ2) is 6.20. The number of carbonyl (C=O) groups is 1. The van der Waals surface area contributed by atoms with Crippen molar-refractivity contribution < 1.29 is 22.4 Å². The summed E-state index contributed by atoms with van der Waals surface area (Å²) in [5, 5.41) is 3.05. The van der Waals surface area contributed by atoms with Gasteiger partial charge in [0, 0.05) is 11.1 Å². The summed E-state index contributed by atoms with van der Waals surface area (Å²) in [5.41, 5.74) is -0.228. The van der Waals surface area contributed by atoms with Gasteiger partial charge in [0.25, 0.3) is 0 Å². The quantitative estimate of drug-likeness (QED) is 0.638. The summed E-state index contributed by atoms with van der Waals surface area (Å²) in [6.07, 6.45) is -4.56. The Morgan fingerprint density at radius 1 is 1.12 bits per heavy atom. The van der Waals surface area contributed by atoms with Gasteiger partial charge in [-0.1, -0.05) is 29.8 Å². The molecule has 1 aromatic heterocycles. The van der Waals surface area contributed by atoms with E-state index in [0.717, 1.165) is 17.5 Å². The first kappa shape index (κ1) is 16.4. The molecule has 0 fully saturated rings. The van der Waals surface area contributed by atoms with Crippen LogP contribution in [0.3, 0.4) is 0 Å². The SMILES string of the molecule is O=C(CNc1ccc(Cl)c(C(F)(F)F)c1)c1cc2ccccc2o1. The predicted octanol–water partition coefficient (Wildman–Crippen LogP) is 5.40. The molecule has 24 heavy (non-hydrogen) atoms. The molecule has 0 unspecified atom stereocenters. The van der Waals surface area contributed by atoms with E-state index in [1.165, 1.54) is 6.07 Å². The van der Waals surface area contributed by atoms with E-state index in [2.05, 4.69) is 5.32 Å². The Morgan fingerprint density at radius 2 is 1.88 bits per heavy atom. The zero-order valence-corrected chi connectivity index (χ0v) is 12.9. The van der Waals surface area contributed by atoms with E-state index >= 15 is 0 Å². The minimum atomic E-state index is -4.56. The van der Waals surface area contributed by atoms with Crippen LogP contribution < -0.4 is 5.32 Å². The molecule has 2 aromatic carbocycles. The molecule has 0 radical (unpaired) electrons. The maximum absolute atomic E-state index is 12.8.